The van der Waals surface area contributed by atoms with Crippen LogP contribution in [0.2, 0.25) is 0 Å². The molecule has 0 spiro atoms. The highest BCUT2D eigenvalue weighted by molar-refractivity contribution is 6.21. The third kappa shape index (κ3) is 2.62. The molecule has 0 aliphatic heterocycles. The van der Waals surface area contributed by atoms with Crippen LogP contribution in [0.15, 0.2) is 12.1 Å². The molecule has 1 aromatic carbocycles. The summed E-state index contributed by atoms with van der Waals surface area (Å²) >= 11 is 5.85. The molecular formula is C11H10ClF2NO4. The number of hydrogen-bond donors (Lipinski definition) is 0. The van der Waals surface area contributed by atoms with E-state index in [1.165, 1.54) is 7.11 Å². The number of methoxy groups -OCH3 is 1. The number of benzene rings is 1. The molecule has 1 fully saturated rings. The van der Waals surface area contributed by atoms with E-state index in [-0.39, 0.29) is 5.38 Å². The molecule has 1 aliphatic rings. The SMILES string of the molecule is COC1C(Cl)CC1Oc1cc(F)c([N+](=O)[O-])cc1F. The Morgan fingerprint density at radius 1 is 1.42 bits per heavy atom. The lowest BCUT2D eigenvalue weighted by Gasteiger charge is -2.39. The van der Waals surface area contributed by atoms with Gasteiger partial charge in [-0.25, -0.2) is 4.39 Å². The largest absolute Gasteiger partial charge is 0.484 e. The Labute approximate surface area is 112 Å². The lowest BCUT2D eigenvalue weighted by Crippen LogP contribution is -2.52. The van der Waals surface area contributed by atoms with Crippen LogP contribution in [0.4, 0.5) is 14.5 Å². The van der Waals surface area contributed by atoms with Crippen molar-refractivity contribution in [1.29, 1.82) is 0 Å². The first-order chi connectivity index (χ1) is 8.93. The highest BCUT2D eigenvalue weighted by atomic mass is 35.5. The van der Waals surface area contributed by atoms with Crippen LogP contribution in [-0.2, 0) is 4.74 Å². The molecule has 5 nitrogen and oxygen atoms in total. The summed E-state index contributed by atoms with van der Waals surface area (Å²) in [4.78, 5) is 9.44. The first-order valence-corrected chi connectivity index (χ1v) is 5.84. The first-order valence-electron chi connectivity index (χ1n) is 5.41. The maximum atomic E-state index is 13.6. The zero-order valence-electron chi connectivity index (χ0n) is 9.81. The number of nitrogens with zero attached hydrogens (tertiary/aromatic N) is 1. The van der Waals surface area contributed by atoms with Crippen molar-refractivity contribution in [2.75, 3.05) is 7.11 Å². The smallest absolute Gasteiger partial charge is 0.307 e. The number of nitro groups is 1. The van der Waals surface area contributed by atoms with Gasteiger partial charge >= 0.3 is 5.69 Å². The fourth-order valence-electron chi connectivity index (χ4n) is 1.85. The molecule has 8 heteroatoms. The zero-order valence-corrected chi connectivity index (χ0v) is 10.6. The minimum atomic E-state index is -1.16. The average molecular weight is 294 g/mol. The summed E-state index contributed by atoms with van der Waals surface area (Å²) in [6.07, 6.45) is -0.486. The van der Waals surface area contributed by atoms with Crippen molar-refractivity contribution in [2.45, 2.75) is 24.0 Å². The van der Waals surface area contributed by atoms with E-state index in [4.69, 9.17) is 21.1 Å². The van der Waals surface area contributed by atoms with Gasteiger partial charge in [-0.05, 0) is 0 Å². The average Bonchev–Trinajstić information content (AvgIpc) is 2.32. The second-order valence-corrected chi connectivity index (χ2v) is 4.66. The molecule has 19 heavy (non-hydrogen) atoms. The van der Waals surface area contributed by atoms with E-state index < -0.39 is 40.2 Å². The highest BCUT2D eigenvalue weighted by Gasteiger charge is 2.42. The van der Waals surface area contributed by atoms with Crippen molar-refractivity contribution >= 4 is 17.3 Å². The standard InChI is InChI=1S/C11H10ClF2NO4/c1-18-11-5(12)2-10(11)19-9-4-6(13)8(15(16)17)3-7(9)14/h3-5,10-11H,2H2,1H3. The van der Waals surface area contributed by atoms with Gasteiger partial charge < -0.3 is 9.47 Å². The van der Waals surface area contributed by atoms with Crippen LogP contribution < -0.4 is 4.74 Å². The van der Waals surface area contributed by atoms with Crippen molar-refractivity contribution in [3.05, 3.63) is 33.9 Å². The maximum absolute atomic E-state index is 13.6. The number of rotatable bonds is 4. The molecule has 2 rings (SSSR count). The Balaban J connectivity index is 2.18. The van der Waals surface area contributed by atoms with Gasteiger partial charge in [-0.2, -0.15) is 4.39 Å². The van der Waals surface area contributed by atoms with Gasteiger partial charge in [-0.1, -0.05) is 0 Å². The molecule has 1 saturated carbocycles. The van der Waals surface area contributed by atoms with Crippen molar-refractivity contribution < 1.29 is 23.2 Å². The summed E-state index contributed by atoms with van der Waals surface area (Å²) < 4.78 is 37.2. The molecule has 1 aliphatic carbocycles. The maximum Gasteiger partial charge on any atom is 0.307 e. The Hall–Kier alpha value is -1.47. The predicted molar refractivity (Wildman–Crippen MR) is 62.5 cm³/mol. The Kier molecular flexibility index (Phi) is 3.86. The van der Waals surface area contributed by atoms with Crippen molar-refractivity contribution in [3.8, 4) is 5.75 Å². The van der Waals surface area contributed by atoms with Crippen LogP contribution in [-0.4, -0.2) is 29.6 Å². The minimum absolute atomic E-state index is 0.249. The lowest BCUT2D eigenvalue weighted by atomic mass is 9.91. The summed E-state index contributed by atoms with van der Waals surface area (Å²) in [5.74, 6) is -2.54. The molecule has 1 aromatic rings. The second kappa shape index (κ2) is 5.26. The van der Waals surface area contributed by atoms with E-state index in [0.717, 1.165) is 0 Å². The second-order valence-electron chi connectivity index (χ2n) is 4.10. The number of alkyl halides is 1. The molecule has 3 atom stereocenters. The van der Waals surface area contributed by atoms with Gasteiger partial charge in [0.1, 0.15) is 12.2 Å². The molecule has 104 valence electrons. The van der Waals surface area contributed by atoms with E-state index in [1.54, 1.807) is 0 Å². The van der Waals surface area contributed by atoms with E-state index in [0.29, 0.717) is 18.6 Å². The molecule has 3 unspecified atom stereocenters. The van der Waals surface area contributed by atoms with E-state index >= 15 is 0 Å². The summed E-state index contributed by atoms with van der Waals surface area (Å²) in [5.41, 5.74) is -0.933. The molecule has 0 heterocycles. The summed E-state index contributed by atoms with van der Waals surface area (Å²) in [7, 11) is 1.43. The van der Waals surface area contributed by atoms with Crippen molar-refractivity contribution in [2.24, 2.45) is 0 Å². The number of hydrogen-bond acceptors (Lipinski definition) is 4. The Morgan fingerprint density at radius 3 is 2.63 bits per heavy atom. The molecule has 0 saturated heterocycles. The van der Waals surface area contributed by atoms with Crippen LogP contribution in [0.5, 0.6) is 5.75 Å². The molecule has 0 amide bonds. The minimum Gasteiger partial charge on any atom is -0.484 e. The van der Waals surface area contributed by atoms with E-state index in [9.17, 15) is 18.9 Å². The lowest BCUT2D eigenvalue weighted by molar-refractivity contribution is -0.387. The monoisotopic (exact) mass is 293 g/mol. The third-order valence-electron chi connectivity index (χ3n) is 2.93. The number of ether oxygens (including phenoxy) is 2. The van der Waals surface area contributed by atoms with Crippen molar-refractivity contribution in [1.82, 2.24) is 0 Å². The van der Waals surface area contributed by atoms with Crippen LogP contribution in [0.25, 0.3) is 0 Å². The van der Waals surface area contributed by atoms with Crippen LogP contribution >= 0.6 is 11.6 Å². The Bertz CT molecular complexity index is 514. The van der Waals surface area contributed by atoms with Gasteiger partial charge in [0, 0.05) is 19.6 Å². The quantitative estimate of drug-likeness (QED) is 0.486. The molecular weight excluding hydrogens is 284 g/mol. The fraction of sp³-hybridized carbons (Fsp3) is 0.455. The molecule has 0 aromatic heterocycles. The van der Waals surface area contributed by atoms with Gasteiger partial charge in [-0.15, -0.1) is 11.6 Å². The van der Waals surface area contributed by atoms with Crippen LogP contribution in [0.1, 0.15) is 6.42 Å². The normalized spacial score (nSPS) is 25.8. The first kappa shape index (κ1) is 14.0. The third-order valence-corrected chi connectivity index (χ3v) is 3.36. The summed E-state index contributed by atoms with van der Waals surface area (Å²) in [6.45, 7) is 0. The molecule has 0 N–H and O–H groups in total. The zero-order chi connectivity index (χ0) is 14.2. The van der Waals surface area contributed by atoms with Crippen LogP contribution in [0, 0.1) is 21.7 Å². The van der Waals surface area contributed by atoms with Crippen molar-refractivity contribution in [3.63, 3.8) is 0 Å². The van der Waals surface area contributed by atoms with Gasteiger partial charge in [0.15, 0.2) is 11.6 Å². The van der Waals surface area contributed by atoms with Gasteiger partial charge in [0.25, 0.3) is 0 Å². The Morgan fingerprint density at radius 2 is 2.11 bits per heavy atom. The highest BCUT2D eigenvalue weighted by Crippen LogP contribution is 2.34. The van der Waals surface area contributed by atoms with Crippen LogP contribution in [0.3, 0.4) is 0 Å². The van der Waals surface area contributed by atoms with Gasteiger partial charge in [-0.3, -0.25) is 10.1 Å². The molecule has 0 bridgehead atoms. The van der Waals surface area contributed by atoms with Gasteiger partial charge in [0.2, 0.25) is 5.82 Å². The predicted octanol–water partition coefficient (Wildman–Crippen LogP) is 2.65. The number of nitro benzene ring substituents is 1. The fourth-order valence-corrected chi connectivity index (χ4v) is 2.29. The topological polar surface area (TPSA) is 61.6 Å². The van der Waals surface area contributed by atoms with E-state index in [2.05, 4.69) is 0 Å². The summed E-state index contributed by atoms with van der Waals surface area (Å²) in [6, 6.07) is 1.14. The molecule has 0 radical (unpaired) electrons. The summed E-state index contributed by atoms with van der Waals surface area (Å²) in [5, 5.41) is 10.2. The van der Waals surface area contributed by atoms with Gasteiger partial charge in [0.05, 0.1) is 16.4 Å². The number of halogens is 3. The van der Waals surface area contributed by atoms with E-state index in [1.807, 2.05) is 0 Å².